The number of aliphatic hydroxyl groups is 1. The molecule has 3 unspecified atom stereocenters. The predicted octanol–water partition coefficient (Wildman–Crippen LogP) is 21.3. The van der Waals surface area contributed by atoms with Gasteiger partial charge < -0.3 is 19.8 Å². The fourth-order valence-corrected chi connectivity index (χ4v) is 11.0. The van der Waals surface area contributed by atoms with E-state index in [-0.39, 0.29) is 19.1 Å². The van der Waals surface area contributed by atoms with Crippen molar-refractivity contribution in [2.75, 3.05) is 40.9 Å². The van der Waals surface area contributed by atoms with Crippen molar-refractivity contribution in [3.63, 3.8) is 0 Å². The first-order valence-corrected chi connectivity index (χ1v) is 35.4. The largest absolute Gasteiger partial charge is 0.472 e. The summed E-state index contributed by atoms with van der Waals surface area (Å²) in [4.78, 5) is 23.4. The van der Waals surface area contributed by atoms with E-state index < -0.39 is 20.0 Å². The predicted molar refractivity (Wildman–Crippen MR) is 337 cm³/mol. The highest BCUT2D eigenvalue weighted by Crippen LogP contribution is 2.43. The zero-order valence-electron chi connectivity index (χ0n) is 52.2. The number of quaternary nitrogens is 1. The molecule has 3 N–H and O–H groups in total. The molecule has 0 spiro atoms. The highest BCUT2D eigenvalue weighted by atomic mass is 31.2. The zero-order valence-corrected chi connectivity index (χ0v) is 53.1. The summed E-state index contributed by atoms with van der Waals surface area (Å²) in [5.74, 6) is -0.171. The minimum absolute atomic E-state index is 0.0633. The van der Waals surface area contributed by atoms with E-state index in [2.05, 4.69) is 43.5 Å². The van der Waals surface area contributed by atoms with Gasteiger partial charge in [-0.3, -0.25) is 13.8 Å². The quantitative estimate of drug-likeness (QED) is 0.0243. The number of rotatable bonds is 63. The molecule has 77 heavy (non-hydrogen) atoms. The Morgan fingerprint density at radius 1 is 0.442 bits per heavy atom. The van der Waals surface area contributed by atoms with Crippen LogP contribution in [0.4, 0.5) is 0 Å². The van der Waals surface area contributed by atoms with Crippen molar-refractivity contribution in [3.8, 4) is 0 Å². The molecule has 9 heteroatoms. The van der Waals surface area contributed by atoms with E-state index in [1.54, 1.807) is 6.08 Å². The zero-order chi connectivity index (χ0) is 56.3. The summed E-state index contributed by atoms with van der Waals surface area (Å²) in [6, 6.07) is -0.847. The van der Waals surface area contributed by atoms with Crippen molar-refractivity contribution in [2.45, 2.75) is 353 Å². The van der Waals surface area contributed by atoms with Crippen molar-refractivity contribution in [1.29, 1.82) is 0 Å². The molecule has 0 heterocycles. The maximum Gasteiger partial charge on any atom is 0.472 e. The molecule has 0 rings (SSSR count). The highest BCUT2D eigenvalue weighted by molar-refractivity contribution is 7.47. The number of unbranched alkanes of at least 4 members (excludes halogenated alkanes) is 46. The summed E-state index contributed by atoms with van der Waals surface area (Å²) >= 11 is 0. The lowest BCUT2D eigenvalue weighted by molar-refractivity contribution is -0.870. The third kappa shape index (κ3) is 62.2. The van der Waals surface area contributed by atoms with Crippen LogP contribution in [0.1, 0.15) is 341 Å². The number of aliphatic hydroxyl groups excluding tert-OH is 1. The summed E-state index contributed by atoms with van der Waals surface area (Å²) in [5, 5.41) is 14.0. The van der Waals surface area contributed by atoms with Crippen LogP contribution >= 0.6 is 7.82 Å². The van der Waals surface area contributed by atoms with Crippen molar-refractivity contribution >= 4 is 13.7 Å². The monoisotopic (exact) mass is 1110 g/mol. The third-order valence-electron chi connectivity index (χ3n) is 15.6. The molecule has 0 saturated carbocycles. The summed E-state index contributed by atoms with van der Waals surface area (Å²) in [6.07, 6.45) is 78.5. The number of carbonyl (C=O) groups is 1. The lowest BCUT2D eigenvalue weighted by atomic mass is 10.0. The van der Waals surface area contributed by atoms with Gasteiger partial charge in [-0.25, -0.2) is 4.57 Å². The van der Waals surface area contributed by atoms with Gasteiger partial charge in [-0.2, -0.15) is 0 Å². The van der Waals surface area contributed by atoms with Crippen LogP contribution in [-0.4, -0.2) is 73.4 Å². The molecule has 0 bridgehead atoms. The molecule has 0 fully saturated rings. The van der Waals surface area contributed by atoms with Crippen LogP contribution in [0, 0.1) is 0 Å². The normalized spacial score (nSPS) is 13.9. The minimum Gasteiger partial charge on any atom is -0.387 e. The number of allylic oxidation sites excluding steroid dienone is 5. The van der Waals surface area contributed by atoms with Gasteiger partial charge in [0.15, 0.2) is 0 Å². The Morgan fingerprint density at radius 2 is 0.740 bits per heavy atom. The standard InChI is InChI=1S/C68H133N2O6P/c1-6-8-10-12-14-16-18-20-22-24-26-28-30-32-34-35-36-38-40-42-44-46-48-50-52-54-56-58-60-62-68(72)69-66(65-76-77(73,74)75-64-63-70(3,4)5)67(71)61-59-57-55-53-51-49-47-45-43-41-39-37-33-31-29-27-25-23-21-19-17-15-13-11-9-7-2/h18,20,24,26,59,61,66-67,71H,6-17,19,21-23,25,27-58,60,62-65H2,1-5H3,(H-,69,72,73,74)/p+1/b20-18-,26-24-,61-59+. The smallest absolute Gasteiger partial charge is 0.387 e. The Morgan fingerprint density at radius 3 is 1.06 bits per heavy atom. The number of carbonyl (C=O) groups excluding carboxylic acids is 1. The van der Waals surface area contributed by atoms with Gasteiger partial charge in [0.05, 0.1) is 39.9 Å². The number of nitrogens with zero attached hydrogens (tertiary/aromatic N) is 1. The third-order valence-corrected chi connectivity index (χ3v) is 16.6. The maximum absolute atomic E-state index is 13.0. The van der Waals surface area contributed by atoms with Crippen LogP contribution < -0.4 is 5.32 Å². The lowest BCUT2D eigenvalue weighted by Crippen LogP contribution is -2.45. The molecular formula is C68H134N2O6P+. The highest BCUT2D eigenvalue weighted by Gasteiger charge is 2.28. The van der Waals surface area contributed by atoms with Crippen LogP contribution in [0.3, 0.4) is 0 Å². The van der Waals surface area contributed by atoms with Gasteiger partial charge in [-0.1, -0.05) is 320 Å². The molecule has 0 saturated heterocycles. The Labute approximate surface area is 480 Å². The van der Waals surface area contributed by atoms with Crippen molar-refractivity contribution in [1.82, 2.24) is 5.32 Å². The summed E-state index contributed by atoms with van der Waals surface area (Å²) < 4.78 is 23.8. The van der Waals surface area contributed by atoms with Gasteiger partial charge in [-0.15, -0.1) is 0 Å². The first-order chi connectivity index (χ1) is 37.5. The van der Waals surface area contributed by atoms with Crippen molar-refractivity contribution < 1.29 is 32.9 Å². The second kappa shape index (κ2) is 59.3. The Kier molecular flexibility index (Phi) is 58.4. The molecule has 0 aliphatic heterocycles. The van der Waals surface area contributed by atoms with E-state index in [4.69, 9.17) is 9.05 Å². The summed E-state index contributed by atoms with van der Waals surface area (Å²) in [7, 11) is 1.59. The summed E-state index contributed by atoms with van der Waals surface area (Å²) in [5.41, 5.74) is 0. The van der Waals surface area contributed by atoms with Gasteiger partial charge in [-0.05, 0) is 51.4 Å². The Balaban J connectivity index is 4.08. The van der Waals surface area contributed by atoms with Gasteiger partial charge >= 0.3 is 7.82 Å². The van der Waals surface area contributed by atoms with E-state index >= 15 is 0 Å². The fourth-order valence-electron chi connectivity index (χ4n) is 10.3. The van der Waals surface area contributed by atoms with Crippen molar-refractivity contribution in [2.24, 2.45) is 0 Å². The van der Waals surface area contributed by atoms with E-state index in [9.17, 15) is 19.4 Å². The first kappa shape index (κ1) is 75.7. The Hall–Kier alpha value is -1.28. The SMILES string of the molecule is CCCCCCC/C=C\C/C=C\CCCCCCCCCCCCCCCCCCCC(=O)NC(COP(=O)(O)OCC[N+](C)(C)C)C(O)/C=C/CCCCCCCCCCCCCCCCCCCCCCCCCC. The molecular weight excluding hydrogens is 972 g/mol. The molecule has 0 aliphatic carbocycles. The van der Waals surface area contributed by atoms with Gasteiger partial charge in [0.2, 0.25) is 5.91 Å². The van der Waals surface area contributed by atoms with Crippen LogP contribution in [0.5, 0.6) is 0 Å². The minimum atomic E-state index is -4.35. The second-order valence-corrected chi connectivity index (χ2v) is 26.0. The maximum atomic E-state index is 13.0. The topological polar surface area (TPSA) is 105 Å². The molecule has 0 aromatic carbocycles. The van der Waals surface area contributed by atoms with Crippen molar-refractivity contribution in [3.05, 3.63) is 36.5 Å². The van der Waals surface area contributed by atoms with Crippen LogP contribution in [-0.2, 0) is 18.4 Å². The molecule has 0 radical (unpaired) electrons. The molecule has 3 atom stereocenters. The number of phosphoric acid groups is 1. The molecule has 0 aliphatic rings. The Bertz CT molecular complexity index is 1350. The molecule has 456 valence electrons. The van der Waals surface area contributed by atoms with Gasteiger partial charge in [0, 0.05) is 6.42 Å². The van der Waals surface area contributed by atoms with Crippen LogP contribution in [0.15, 0.2) is 36.5 Å². The fraction of sp³-hybridized carbons (Fsp3) is 0.897. The van der Waals surface area contributed by atoms with Gasteiger partial charge in [0.25, 0.3) is 0 Å². The molecule has 0 aromatic rings. The first-order valence-electron chi connectivity index (χ1n) is 33.9. The number of likely N-dealkylation sites (N-methyl/N-ethyl adjacent to an activating group) is 1. The van der Waals surface area contributed by atoms with Crippen LogP contribution in [0.2, 0.25) is 0 Å². The molecule has 1 amide bonds. The number of amides is 1. The average Bonchev–Trinajstić information content (AvgIpc) is 3.39. The van der Waals surface area contributed by atoms with E-state index in [1.165, 1.54) is 283 Å². The second-order valence-electron chi connectivity index (χ2n) is 24.6. The lowest BCUT2D eigenvalue weighted by Gasteiger charge is -2.25. The average molecular weight is 1110 g/mol. The number of phosphoric ester groups is 1. The van der Waals surface area contributed by atoms with E-state index in [0.29, 0.717) is 17.4 Å². The molecule has 0 aromatic heterocycles. The van der Waals surface area contributed by atoms with Crippen LogP contribution in [0.25, 0.3) is 0 Å². The van der Waals surface area contributed by atoms with E-state index in [1.807, 2.05) is 27.2 Å². The number of hydrogen-bond acceptors (Lipinski definition) is 5. The van der Waals surface area contributed by atoms with Gasteiger partial charge in [0.1, 0.15) is 13.2 Å². The summed E-state index contributed by atoms with van der Waals surface area (Å²) in [6.45, 7) is 4.86. The number of nitrogens with one attached hydrogen (secondary N) is 1. The number of hydrogen-bond donors (Lipinski definition) is 3. The van der Waals surface area contributed by atoms with E-state index in [0.717, 1.165) is 38.5 Å². The molecule has 8 nitrogen and oxygen atoms in total.